The molecule has 5 heteroatoms. The molecule has 1 rings (SSSR count). The lowest BCUT2D eigenvalue weighted by molar-refractivity contribution is 0.0325. The van der Waals surface area contributed by atoms with E-state index < -0.39 is 0 Å². The molecule has 0 aliphatic rings. The Balaban J connectivity index is 2.85. The van der Waals surface area contributed by atoms with Gasteiger partial charge in [-0.1, -0.05) is 0 Å². The molecular weight excluding hydrogens is 236 g/mol. The average Bonchev–Trinajstić information content (AvgIpc) is 2.75. The van der Waals surface area contributed by atoms with E-state index in [0.29, 0.717) is 6.61 Å². The highest BCUT2D eigenvalue weighted by Crippen LogP contribution is 2.29. The van der Waals surface area contributed by atoms with Crippen molar-refractivity contribution in [3.63, 3.8) is 0 Å². The third-order valence-corrected chi connectivity index (χ3v) is 4.23. The Morgan fingerprint density at radius 1 is 1.53 bits per heavy atom. The number of nitrogens with zero attached hydrogens (tertiary/aromatic N) is 1. The van der Waals surface area contributed by atoms with Crippen LogP contribution in [0.25, 0.3) is 0 Å². The second-order valence-electron chi connectivity index (χ2n) is 4.29. The zero-order chi connectivity index (χ0) is 12.9. The van der Waals surface area contributed by atoms with Crippen LogP contribution in [0.2, 0.25) is 0 Å². The monoisotopic (exact) mass is 258 g/mol. The maximum atomic E-state index is 5.47. The van der Waals surface area contributed by atoms with Gasteiger partial charge in [-0.05, 0) is 20.8 Å². The molecule has 0 aliphatic heterocycles. The van der Waals surface area contributed by atoms with Crippen LogP contribution in [-0.4, -0.2) is 38.5 Å². The van der Waals surface area contributed by atoms with Gasteiger partial charge in [0.1, 0.15) is 5.01 Å². The van der Waals surface area contributed by atoms with Crippen LogP contribution in [0, 0.1) is 6.92 Å². The van der Waals surface area contributed by atoms with Gasteiger partial charge >= 0.3 is 0 Å². The standard InChI is InChI=1S/C12H22N2O2S/c1-9-8-17-11(14-9)12(3,10(2)16-5)13-6-7-15-4/h8,10,13H,6-7H2,1-5H3. The Morgan fingerprint density at radius 2 is 2.24 bits per heavy atom. The predicted molar refractivity (Wildman–Crippen MR) is 70.6 cm³/mol. The first-order valence-corrected chi connectivity index (χ1v) is 6.62. The van der Waals surface area contributed by atoms with Gasteiger partial charge in [0.15, 0.2) is 0 Å². The molecule has 2 unspecified atom stereocenters. The Kier molecular flexibility index (Phi) is 5.52. The van der Waals surface area contributed by atoms with Crippen molar-refractivity contribution in [1.29, 1.82) is 0 Å². The molecule has 0 radical (unpaired) electrons. The fourth-order valence-electron chi connectivity index (χ4n) is 1.63. The highest BCUT2D eigenvalue weighted by Gasteiger charge is 2.35. The summed E-state index contributed by atoms with van der Waals surface area (Å²) in [5, 5.41) is 6.59. The van der Waals surface area contributed by atoms with Crippen LogP contribution >= 0.6 is 11.3 Å². The Morgan fingerprint density at radius 3 is 2.71 bits per heavy atom. The summed E-state index contributed by atoms with van der Waals surface area (Å²) in [4.78, 5) is 4.57. The van der Waals surface area contributed by atoms with Gasteiger partial charge in [-0.25, -0.2) is 4.98 Å². The number of thiazole rings is 1. The summed E-state index contributed by atoms with van der Waals surface area (Å²) >= 11 is 1.66. The molecule has 1 aromatic heterocycles. The predicted octanol–water partition coefficient (Wildman–Crippen LogP) is 1.94. The minimum Gasteiger partial charge on any atom is -0.383 e. The maximum absolute atomic E-state index is 5.47. The first-order chi connectivity index (χ1) is 8.04. The van der Waals surface area contributed by atoms with Crippen molar-refractivity contribution in [3.05, 3.63) is 16.1 Å². The molecule has 0 aromatic carbocycles. The summed E-state index contributed by atoms with van der Waals surface area (Å²) in [5.41, 5.74) is 0.778. The fraction of sp³-hybridized carbons (Fsp3) is 0.750. The quantitative estimate of drug-likeness (QED) is 0.759. The molecule has 0 amide bonds. The van der Waals surface area contributed by atoms with Crippen molar-refractivity contribution in [2.75, 3.05) is 27.4 Å². The van der Waals surface area contributed by atoms with Gasteiger partial charge < -0.3 is 14.8 Å². The van der Waals surface area contributed by atoms with Gasteiger partial charge in [-0.2, -0.15) is 0 Å². The second-order valence-corrected chi connectivity index (χ2v) is 5.15. The third-order valence-electron chi connectivity index (χ3n) is 3.03. The van der Waals surface area contributed by atoms with Crippen LogP contribution in [0.1, 0.15) is 24.5 Å². The number of hydrogen-bond donors (Lipinski definition) is 1. The number of hydrogen-bond acceptors (Lipinski definition) is 5. The van der Waals surface area contributed by atoms with Crippen molar-refractivity contribution in [1.82, 2.24) is 10.3 Å². The van der Waals surface area contributed by atoms with Crippen LogP contribution in [0.15, 0.2) is 5.38 Å². The molecule has 17 heavy (non-hydrogen) atoms. The molecule has 0 aliphatic carbocycles. The van der Waals surface area contributed by atoms with Crippen LogP contribution in [-0.2, 0) is 15.0 Å². The Hall–Kier alpha value is -0.490. The van der Waals surface area contributed by atoms with E-state index in [2.05, 4.69) is 29.5 Å². The number of rotatable bonds is 7. The third kappa shape index (κ3) is 3.48. The van der Waals surface area contributed by atoms with Crippen molar-refractivity contribution < 1.29 is 9.47 Å². The van der Waals surface area contributed by atoms with Crippen LogP contribution < -0.4 is 5.32 Å². The van der Waals surface area contributed by atoms with Gasteiger partial charge in [0, 0.05) is 31.8 Å². The molecule has 0 bridgehead atoms. The van der Waals surface area contributed by atoms with Crippen molar-refractivity contribution in [2.24, 2.45) is 0 Å². The molecular formula is C12H22N2O2S. The first kappa shape index (κ1) is 14.6. The van der Waals surface area contributed by atoms with Crippen LogP contribution in [0.5, 0.6) is 0 Å². The number of methoxy groups -OCH3 is 2. The molecule has 1 N–H and O–H groups in total. The van der Waals surface area contributed by atoms with Crippen LogP contribution in [0.3, 0.4) is 0 Å². The van der Waals surface area contributed by atoms with E-state index in [9.17, 15) is 0 Å². The van der Waals surface area contributed by atoms with E-state index >= 15 is 0 Å². The number of aryl methyl sites for hydroxylation is 1. The highest BCUT2D eigenvalue weighted by atomic mass is 32.1. The van der Waals surface area contributed by atoms with E-state index in [1.165, 1.54) is 0 Å². The first-order valence-electron chi connectivity index (χ1n) is 5.74. The van der Waals surface area contributed by atoms with E-state index in [1.807, 2.05) is 6.92 Å². The van der Waals surface area contributed by atoms with Gasteiger partial charge in [-0.15, -0.1) is 11.3 Å². The molecule has 2 atom stereocenters. The van der Waals surface area contributed by atoms with Gasteiger partial charge in [-0.3, -0.25) is 0 Å². The summed E-state index contributed by atoms with van der Waals surface area (Å²) in [6.45, 7) is 7.63. The summed E-state index contributed by atoms with van der Waals surface area (Å²) in [7, 11) is 3.42. The minimum atomic E-state index is -0.272. The summed E-state index contributed by atoms with van der Waals surface area (Å²) in [6.07, 6.45) is 0.0462. The lowest BCUT2D eigenvalue weighted by atomic mass is 9.96. The molecule has 0 saturated carbocycles. The molecule has 0 spiro atoms. The Bertz CT molecular complexity index is 343. The molecule has 4 nitrogen and oxygen atoms in total. The lowest BCUT2D eigenvalue weighted by Crippen LogP contribution is -2.49. The second kappa shape index (κ2) is 6.44. The smallest absolute Gasteiger partial charge is 0.115 e. The highest BCUT2D eigenvalue weighted by molar-refractivity contribution is 7.09. The van der Waals surface area contributed by atoms with E-state index in [-0.39, 0.29) is 11.6 Å². The summed E-state index contributed by atoms with van der Waals surface area (Å²) < 4.78 is 10.5. The summed E-state index contributed by atoms with van der Waals surface area (Å²) in [5.74, 6) is 0. The number of nitrogens with one attached hydrogen (secondary N) is 1. The maximum Gasteiger partial charge on any atom is 0.115 e. The normalized spacial score (nSPS) is 16.8. The molecule has 1 heterocycles. The molecule has 1 aromatic rings. The van der Waals surface area contributed by atoms with Crippen LogP contribution in [0.4, 0.5) is 0 Å². The largest absolute Gasteiger partial charge is 0.383 e. The lowest BCUT2D eigenvalue weighted by Gasteiger charge is -2.34. The van der Waals surface area contributed by atoms with Crippen molar-refractivity contribution >= 4 is 11.3 Å². The van der Waals surface area contributed by atoms with Crippen molar-refractivity contribution in [2.45, 2.75) is 32.4 Å². The average molecular weight is 258 g/mol. The van der Waals surface area contributed by atoms with Gasteiger partial charge in [0.25, 0.3) is 0 Å². The molecule has 98 valence electrons. The van der Waals surface area contributed by atoms with Gasteiger partial charge in [0.05, 0.1) is 18.2 Å². The minimum absolute atomic E-state index is 0.0462. The number of ether oxygens (including phenoxy) is 2. The molecule has 0 saturated heterocycles. The fourth-order valence-corrected chi connectivity index (χ4v) is 2.65. The van der Waals surface area contributed by atoms with E-state index in [0.717, 1.165) is 17.2 Å². The SMILES string of the molecule is COCCNC(C)(c1nc(C)cs1)C(C)OC. The van der Waals surface area contributed by atoms with E-state index in [4.69, 9.17) is 9.47 Å². The summed E-state index contributed by atoms with van der Waals surface area (Å²) in [6, 6.07) is 0. The van der Waals surface area contributed by atoms with Crippen molar-refractivity contribution in [3.8, 4) is 0 Å². The topological polar surface area (TPSA) is 43.4 Å². The van der Waals surface area contributed by atoms with Gasteiger partial charge in [0.2, 0.25) is 0 Å². The Labute approximate surface area is 107 Å². The molecule has 0 fully saturated rings. The zero-order valence-electron chi connectivity index (χ0n) is 11.2. The van der Waals surface area contributed by atoms with E-state index in [1.54, 1.807) is 25.6 Å². The number of aromatic nitrogens is 1. The zero-order valence-corrected chi connectivity index (χ0v) is 12.1.